The fourth-order valence-electron chi connectivity index (χ4n) is 2.42. The molecule has 0 radical (unpaired) electrons. The Morgan fingerprint density at radius 3 is 2.42 bits per heavy atom. The van der Waals surface area contributed by atoms with E-state index in [4.69, 9.17) is 0 Å². The molecule has 0 bridgehead atoms. The second-order valence-electron chi connectivity index (χ2n) is 4.00. The van der Waals surface area contributed by atoms with Crippen LogP contribution >= 0.6 is 0 Å². The van der Waals surface area contributed by atoms with Crippen LogP contribution in [0.25, 0.3) is 0 Å². The van der Waals surface area contributed by atoms with Crippen LogP contribution in [-0.4, -0.2) is 46.5 Å². The first-order valence-corrected chi connectivity index (χ1v) is 4.87. The molecule has 1 unspecified atom stereocenters. The molecule has 2 rings (SSSR count). The van der Waals surface area contributed by atoms with Gasteiger partial charge < -0.3 is 10.2 Å². The van der Waals surface area contributed by atoms with Crippen LogP contribution in [0.3, 0.4) is 0 Å². The quantitative estimate of drug-likeness (QED) is 0.582. The van der Waals surface area contributed by atoms with Gasteiger partial charge in [0.05, 0.1) is 12.2 Å². The molecule has 3 nitrogen and oxygen atoms in total. The Labute approximate surface area is 73.0 Å². The van der Waals surface area contributed by atoms with E-state index in [9.17, 15) is 10.2 Å². The van der Waals surface area contributed by atoms with E-state index < -0.39 is 0 Å². The van der Waals surface area contributed by atoms with E-state index in [0.717, 1.165) is 38.8 Å². The lowest BCUT2D eigenvalue weighted by Gasteiger charge is -2.25. The molecular weight excluding hydrogens is 154 g/mol. The van der Waals surface area contributed by atoms with Crippen molar-refractivity contribution in [1.82, 2.24) is 4.90 Å². The number of β-amino-alcohol motifs (C(OH)–C–C–N with tert-alkyl or cyclic N) is 1. The van der Waals surface area contributed by atoms with Crippen LogP contribution in [0.2, 0.25) is 0 Å². The van der Waals surface area contributed by atoms with Gasteiger partial charge in [-0.3, -0.25) is 4.90 Å². The topological polar surface area (TPSA) is 43.7 Å². The summed E-state index contributed by atoms with van der Waals surface area (Å²) in [5, 5.41) is 18.9. The first kappa shape index (κ1) is 8.48. The van der Waals surface area contributed by atoms with Crippen LogP contribution in [0.1, 0.15) is 25.7 Å². The van der Waals surface area contributed by atoms with Crippen molar-refractivity contribution in [2.75, 3.05) is 13.1 Å². The third-order valence-corrected chi connectivity index (χ3v) is 3.11. The highest BCUT2D eigenvalue weighted by Gasteiger charge is 2.34. The molecule has 1 saturated heterocycles. The lowest BCUT2D eigenvalue weighted by Crippen LogP contribution is -2.39. The highest BCUT2D eigenvalue weighted by atomic mass is 16.3. The number of hydrogen-bond donors (Lipinski definition) is 2. The van der Waals surface area contributed by atoms with Crippen molar-refractivity contribution in [3.63, 3.8) is 0 Å². The molecule has 1 aliphatic heterocycles. The number of rotatable bonds is 1. The number of aliphatic hydroxyl groups excluding tert-OH is 2. The van der Waals surface area contributed by atoms with Gasteiger partial charge in [-0.2, -0.15) is 0 Å². The Balaban J connectivity index is 1.91. The Morgan fingerprint density at radius 2 is 1.92 bits per heavy atom. The minimum atomic E-state index is -0.155. The number of aliphatic hydroxyl groups is 2. The van der Waals surface area contributed by atoms with Crippen molar-refractivity contribution in [3.8, 4) is 0 Å². The summed E-state index contributed by atoms with van der Waals surface area (Å²) in [5.74, 6) is 0. The Hall–Kier alpha value is -0.120. The molecule has 0 aromatic heterocycles. The van der Waals surface area contributed by atoms with E-state index in [2.05, 4.69) is 4.90 Å². The Morgan fingerprint density at radius 1 is 1.08 bits per heavy atom. The standard InChI is InChI=1S/C9H17NO2/c11-7-4-5-10(6-7)8-2-1-3-9(8)12/h7-9,11-12H,1-6H2/t7?,8-,9-/m0/s1. The highest BCUT2D eigenvalue weighted by molar-refractivity contribution is 4.89. The zero-order chi connectivity index (χ0) is 8.55. The molecule has 0 aromatic rings. The smallest absolute Gasteiger partial charge is 0.0695 e. The van der Waals surface area contributed by atoms with Crippen LogP contribution in [0, 0.1) is 0 Å². The first-order valence-electron chi connectivity index (χ1n) is 4.87. The normalized spacial score (nSPS) is 44.0. The van der Waals surface area contributed by atoms with E-state index in [-0.39, 0.29) is 12.2 Å². The monoisotopic (exact) mass is 171 g/mol. The lowest BCUT2D eigenvalue weighted by molar-refractivity contribution is 0.0751. The SMILES string of the molecule is OC1CCN([C@H]2CCC[C@@H]2O)C1. The van der Waals surface area contributed by atoms with Gasteiger partial charge in [-0.15, -0.1) is 0 Å². The van der Waals surface area contributed by atoms with E-state index in [1.807, 2.05) is 0 Å². The lowest BCUT2D eigenvalue weighted by atomic mass is 10.2. The highest BCUT2D eigenvalue weighted by Crippen LogP contribution is 2.26. The third-order valence-electron chi connectivity index (χ3n) is 3.11. The molecule has 2 N–H and O–H groups in total. The van der Waals surface area contributed by atoms with Gasteiger partial charge in [0.25, 0.3) is 0 Å². The van der Waals surface area contributed by atoms with Gasteiger partial charge in [0.1, 0.15) is 0 Å². The molecule has 0 amide bonds. The van der Waals surface area contributed by atoms with Gasteiger partial charge in [0.15, 0.2) is 0 Å². The third kappa shape index (κ3) is 1.49. The summed E-state index contributed by atoms with van der Waals surface area (Å²) in [6, 6.07) is 0.335. The summed E-state index contributed by atoms with van der Waals surface area (Å²) < 4.78 is 0. The number of hydrogen-bond acceptors (Lipinski definition) is 3. The summed E-state index contributed by atoms with van der Waals surface area (Å²) in [6.07, 6.45) is 3.76. The van der Waals surface area contributed by atoms with Crippen molar-refractivity contribution in [2.45, 2.75) is 43.9 Å². The van der Waals surface area contributed by atoms with Crippen LogP contribution in [0.5, 0.6) is 0 Å². The van der Waals surface area contributed by atoms with Crippen molar-refractivity contribution >= 4 is 0 Å². The molecule has 2 aliphatic rings. The van der Waals surface area contributed by atoms with Crippen LogP contribution in [-0.2, 0) is 0 Å². The number of likely N-dealkylation sites (tertiary alicyclic amines) is 1. The summed E-state index contributed by atoms with van der Waals surface area (Å²) in [6.45, 7) is 1.73. The number of nitrogens with zero attached hydrogens (tertiary/aromatic N) is 1. The fraction of sp³-hybridized carbons (Fsp3) is 1.00. The molecule has 12 heavy (non-hydrogen) atoms. The van der Waals surface area contributed by atoms with E-state index >= 15 is 0 Å². The maximum atomic E-state index is 9.61. The van der Waals surface area contributed by atoms with Gasteiger partial charge >= 0.3 is 0 Å². The summed E-state index contributed by atoms with van der Waals surface area (Å²) >= 11 is 0. The molecule has 0 spiro atoms. The second-order valence-corrected chi connectivity index (χ2v) is 4.00. The van der Waals surface area contributed by atoms with E-state index in [1.54, 1.807) is 0 Å². The zero-order valence-corrected chi connectivity index (χ0v) is 7.32. The summed E-state index contributed by atoms with van der Waals surface area (Å²) in [7, 11) is 0. The second kappa shape index (κ2) is 3.32. The van der Waals surface area contributed by atoms with Crippen molar-refractivity contribution in [3.05, 3.63) is 0 Å². The molecule has 0 aromatic carbocycles. The van der Waals surface area contributed by atoms with Gasteiger partial charge in [-0.1, -0.05) is 0 Å². The Bertz CT molecular complexity index is 163. The molecular formula is C9H17NO2. The Kier molecular flexibility index (Phi) is 2.35. The largest absolute Gasteiger partial charge is 0.392 e. The zero-order valence-electron chi connectivity index (χ0n) is 7.32. The fourth-order valence-corrected chi connectivity index (χ4v) is 2.42. The average Bonchev–Trinajstić information content (AvgIpc) is 2.58. The van der Waals surface area contributed by atoms with Gasteiger partial charge in [0.2, 0.25) is 0 Å². The maximum absolute atomic E-state index is 9.61. The van der Waals surface area contributed by atoms with Gasteiger partial charge in [0, 0.05) is 19.1 Å². The van der Waals surface area contributed by atoms with Crippen molar-refractivity contribution < 1.29 is 10.2 Å². The van der Waals surface area contributed by atoms with E-state index in [1.165, 1.54) is 0 Å². The van der Waals surface area contributed by atoms with Gasteiger partial charge in [-0.05, 0) is 25.7 Å². The first-order chi connectivity index (χ1) is 5.77. The van der Waals surface area contributed by atoms with Crippen LogP contribution in [0.15, 0.2) is 0 Å². The predicted octanol–water partition coefficient (Wildman–Crippen LogP) is -0.0336. The molecule has 3 heteroatoms. The molecule has 1 heterocycles. The minimum Gasteiger partial charge on any atom is -0.392 e. The van der Waals surface area contributed by atoms with Crippen molar-refractivity contribution in [1.29, 1.82) is 0 Å². The molecule has 70 valence electrons. The van der Waals surface area contributed by atoms with Gasteiger partial charge in [-0.25, -0.2) is 0 Å². The molecule has 1 saturated carbocycles. The van der Waals surface area contributed by atoms with Crippen LogP contribution < -0.4 is 0 Å². The summed E-state index contributed by atoms with van der Waals surface area (Å²) in [5.41, 5.74) is 0. The average molecular weight is 171 g/mol. The summed E-state index contributed by atoms with van der Waals surface area (Å²) in [4.78, 5) is 2.24. The molecule has 2 fully saturated rings. The molecule has 3 atom stereocenters. The maximum Gasteiger partial charge on any atom is 0.0695 e. The van der Waals surface area contributed by atoms with E-state index in [0.29, 0.717) is 6.04 Å². The molecule has 1 aliphatic carbocycles. The minimum absolute atomic E-state index is 0.143. The predicted molar refractivity (Wildman–Crippen MR) is 45.8 cm³/mol. The van der Waals surface area contributed by atoms with Crippen LogP contribution in [0.4, 0.5) is 0 Å². The van der Waals surface area contributed by atoms with Crippen molar-refractivity contribution in [2.24, 2.45) is 0 Å².